The molecule has 2 aromatic heterocycles. The number of aryl methyl sites for hydroxylation is 3. The fourth-order valence-corrected chi connectivity index (χ4v) is 4.64. The summed E-state index contributed by atoms with van der Waals surface area (Å²) >= 11 is 1.37. The zero-order chi connectivity index (χ0) is 21.2. The van der Waals surface area contributed by atoms with Gasteiger partial charge in [-0.3, -0.25) is 9.48 Å². The molecule has 1 amide bonds. The Labute approximate surface area is 170 Å². The smallest absolute Gasteiger partial charge is 0.435 e. The van der Waals surface area contributed by atoms with Crippen molar-refractivity contribution in [1.29, 1.82) is 0 Å². The van der Waals surface area contributed by atoms with Crippen LogP contribution in [0.15, 0.2) is 6.07 Å². The van der Waals surface area contributed by atoms with Gasteiger partial charge in [-0.25, -0.2) is 4.79 Å². The Balaban J connectivity index is 1.72. The van der Waals surface area contributed by atoms with Crippen molar-refractivity contribution in [3.63, 3.8) is 0 Å². The molecule has 0 saturated heterocycles. The molecule has 2 aromatic rings. The van der Waals surface area contributed by atoms with Gasteiger partial charge in [0.25, 0.3) is 0 Å². The number of ether oxygens (including phenoxy) is 1. The molecule has 1 aliphatic rings. The lowest BCUT2D eigenvalue weighted by molar-refractivity contribution is -0.141. The lowest BCUT2D eigenvalue weighted by atomic mass is 9.95. The van der Waals surface area contributed by atoms with E-state index in [4.69, 9.17) is 4.74 Å². The summed E-state index contributed by atoms with van der Waals surface area (Å²) in [6.45, 7) is 3.47. The van der Waals surface area contributed by atoms with Gasteiger partial charge >= 0.3 is 12.1 Å². The highest BCUT2D eigenvalue weighted by Gasteiger charge is 2.34. The highest BCUT2D eigenvalue weighted by Crippen LogP contribution is 2.38. The van der Waals surface area contributed by atoms with Crippen LogP contribution in [-0.4, -0.2) is 28.3 Å². The molecule has 0 bridgehead atoms. The molecule has 1 N–H and O–H groups in total. The summed E-state index contributed by atoms with van der Waals surface area (Å²) in [5.41, 5.74) is 0.692. The zero-order valence-electron chi connectivity index (χ0n) is 16.2. The molecule has 0 atom stereocenters. The van der Waals surface area contributed by atoms with Crippen LogP contribution in [0.3, 0.4) is 0 Å². The van der Waals surface area contributed by atoms with E-state index in [1.807, 2.05) is 0 Å². The van der Waals surface area contributed by atoms with E-state index in [0.717, 1.165) is 46.9 Å². The van der Waals surface area contributed by atoms with Gasteiger partial charge in [0, 0.05) is 23.5 Å². The Morgan fingerprint density at radius 3 is 2.69 bits per heavy atom. The zero-order valence-corrected chi connectivity index (χ0v) is 17.0. The first-order valence-corrected chi connectivity index (χ1v) is 10.3. The average Bonchev–Trinajstić information content (AvgIpc) is 3.20. The maximum absolute atomic E-state index is 12.8. The lowest BCUT2D eigenvalue weighted by Gasteiger charge is -2.12. The summed E-state index contributed by atoms with van der Waals surface area (Å²) in [6, 6.07) is 0.948. The van der Waals surface area contributed by atoms with Crippen molar-refractivity contribution >= 4 is 28.2 Å². The van der Waals surface area contributed by atoms with Gasteiger partial charge in [0.15, 0.2) is 5.69 Å². The van der Waals surface area contributed by atoms with Gasteiger partial charge in [0.1, 0.15) is 5.00 Å². The third-order valence-electron chi connectivity index (χ3n) is 4.73. The van der Waals surface area contributed by atoms with Gasteiger partial charge in [-0.15, -0.1) is 11.3 Å². The van der Waals surface area contributed by atoms with E-state index >= 15 is 0 Å². The van der Waals surface area contributed by atoms with Crippen LogP contribution in [0.2, 0.25) is 0 Å². The summed E-state index contributed by atoms with van der Waals surface area (Å²) in [7, 11) is 0. The predicted molar refractivity (Wildman–Crippen MR) is 102 cm³/mol. The number of alkyl halides is 3. The van der Waals surface area contributed by atoms with Crippen LogP contribution >= 0.6 is 11.3 Å². The minimum Gasteiger partial charge on any atom is -0.462 e. The van der Waals surface area contributed by atoms with Crippen LogP contribution in [0, 0.1) is 6.92 Å². The molecule has 0 radical (unpaired) electrons. The third-order valence-corrected chi connectivity index (χ3v) is 5.93. The number of amides is 1. The van der Waals surface area contributed by atoms with Gasteiger partial charge in [0.2, 0.25) is 5.91 Å². The van der Waals surface area contributed by atoms with Crippen molar-refractivity contribution < 1.29 is 27.5 Å². The number of aromatic nitrogens is 2. The van der Waals surface area contributed by atoms with Crippen LogP contribution < -0.4 is 5.32 Å². The number of rotatable bonds is 6. The van der Waals surface area contributed by atoms with Crippen LogP contribution in [0.4, 0.5) is 18.2 Å². The summed E-state index contributed by atoms with van der Waals surface area (Å²) in [4.78, 5) is 25.9. The lowest BCUT2D eigenvalue weighted by Crippen LogP contribution is -2.18. The molecular weight excluding hydrogens is 407 g/mol. The van der Waals surface area contributed by atoms with Crippen LogP contribution in [0.25, 0.3) is 0 Å². The molecule has 29 heavy (non-hydrogen) atoms. The van der Waals surface area contributed by atoms with Crippen molar-refractivity contribution in [2.24, 2.45) is 0 Å². The van der Waals surface area contributed by atoms with Crippen LogP contribution in [-0.2, 0) is 35.1 Å². The summed E-state index contributed by atoms with van der Waals surface area (Å²) in [5.74, 6) is -0.849. The van der Waals surface area contributed by atoms with Gasteiger partial charge in [-0.2, -0.15) is 18.3 Å². The van der Waals surface area contributed by atoms with Gasteiger partial charge in [-0.1, -0.05) is 0 Å². The topological polar surface area (TPSA) is 73.2 Å². The number of nitrogens with zero attached hydrogens (tertiary/aromatic N) is 2. The summed E-state index contributed by atoms with van der Waals surface area (Å²) in [5, 5.41) is 6.72. The minimum atomic E-state index is -4.52. The van der Waals surface area contributed by atoms with Crippen molar-refractivity contribution in [2.45, 2.75) is 58.7 Å². The first kappa shape index (κ1) is 21.4. The van der Waals surface area contributed by atoms with E-state index in [9.17, 15) is 22.8 Å². The standard InChI is InChI=1S/C19H22F3N3O3S/c1-3-28-18(27)16-12-6-4-5-7-13(12)29-17(16)23-15(26)8-9-25-11(2)10-14(24-25)19(20,21)22/h10H,3-9H2,1-2H3,(H,23,26). The molecule has 0 saturated carbocycles. The fourth-order valence-electron chi connectivity index (χ4n) is 3.34. The average molecular weight is 429 g/mol. The second-order valence-corrected chi connectivity index (χ2v) is 7.93. The highest BCUT2D eigenvalue weighted by molar-refractivity contribution is 7.17. The Kier molecular flexibility index (Phi) is 6.30. The Bertz CT molecular complexity index is 918. The van der Waals surface area contributed by atoms with E-state index in [-0.39, 0.29) is 19.6 Å². The molecule has 0 aliphatic heterocycles. The number of hydrogen-bond donors (Lipinski definition) is 1. The molecule has 0 unspecified atom stereocenters. The van der Waals surface area contributed by atoms with Crippen molar-refractivity contribution in [1.82, 2.24) is 9.78 Å². The van der Waals surface area contributed by atoms with Gasteiger partial charge in [0.05, 0.1) is 12.2 Å². The quantitative estimate of drug-likeness (QED) is 0.693. The number of anilines is 1. The molecule has 0 spiro atoms. The molecule has 158 valence electrons. The number of thiophene rings is 1. The number of carbonyl (C=O) groups is 2. The molecule has 1 aliphatic carbocycles. The van der Waals surface area contributed by atoms with Crippen LogP contribution in [0.1, 0.15) is 58.4 Å². The second-order valence-electron chi connectivity index (χ2n) is 6.83. The second kappa shape index (κ2) is 8.56. The molecule has 2 heterocycles. The van der Waals surface area contributed by atoms with Crippen molar-refractivity contribution in [3.05, 3.63) is 33.5 Å². The first-order chi connectivity index (χ1) is 13.7. The van der Waals surface area contributed by atoms with Gasteiger partial charge < -0.3 is 10.1 Å². The number of hydrogen-bond acceptors (Lipinski definition) is 5. The normalized spacial score (nSPS) is 13.8. The van der Waals surface area contributed by atoms with E-state index < -0.39 is 23.7 Å². The first-order valence-electron chi connectivity index (χ1n) is 9.43. The van der Waals surface area contributed by atoms with Crippen molar-refractivity contribution in [2.75, 3.05) is 11.9 Å². The van der Waals surface area contributed by atoms with E-state index in [1.54, 1.807) is 6.92 Å². The van der Waals surface area contributed by atoms with E-state index in [0.29, 0.717) is 16.3 Å². The largest absolute Gasteiger partial charge is 0.462 e. The van der Waals surface area contributed by atoms with E-state index in [2.05, 4.69) is 10.4 Å². The monoisotopic (exact) mass is 429 g/mol. The molecule has 0 aromatic carbocycles. The third kappa shape index (κ3) is 4.80. The Morgan fingerprint density at radius 2 is 2.03 bits per heavy atom. The molecular formula is C19H22F3N3O3S. The number of nitrogens with one attached hydrogen (secondary N) is 1. The highest BCUT2D eigenvalue weighted by atomic mass is 32.1. The minimum absolute atomic E-state index is 0.00752. The summed E-state index contributed by atoms with van der Waals surface area (Å²) < 4.78 is 44.6. The maximum atomic E-state index is 12.8. The van der Waals surface area contributed by atoms with E-state index in [1.165, 1.54) is 18.3 Å². The number of fused-ring (bicyclic) bond motifs is 1. The number of esters is 1. The molecule has 0 fully saturated rings. The number of halogens is 3. The maximum Gasteiger partial charge on any atom is 0.435 e. The van der Waals surface area contributed by atoms with Crippen molar-refractivity contribution in [3.8, 4) is 0 Å². The Hall–Kier alpha value is -2.36. The SMILES string of the molecule is CCOC(=O)c1c(NC(=O)CCn2nc(C(F)(F)F)cc2C)sc2c1CCCC2. The molecule has 10 heteroatoms. The predicted octanol–water partition coefficient (Wildman–Crippen LogP) is 4.36. The number of carbonyl (C=O) groups excluding carboxylic acids is 2. The van der Waals surface area contributed by atoms with Crippen LogP contribution in [0.5, 0.6) is 0 Å². The fraction of sp³-hybridized carbons (Fsp3) is 0.526. The Morgan fingerprint density at radius 1 is 1.31 bits per heavy atom. The summed E-state index contributed by atoms with van der Waals surface area (Å²) in [6.07, 6.45) is -0.960. The molecule has 3 rings (SSSR count). The molecule has 6 nitrogen and oxygen atoms in total. The van der Waals surface area contributed by atoms with Gasteiger partial charge in [-0.05, 0) is 51.2 Å².